The number of halogens is 4. The molecule has 1 aliphatic rings. The van der Waals surface area contributed by atoms with Gasteiger partial charge >= 0.3 is 0 Å². The van der Waals surface area contributed by atoms with Crippen LogP contribution in [-0.2, 0) is 6.42 Å². The van der Waals surface area contributed by atoms with Crippen molar-refractivity contribution in [3.05, 3.63) is 102 Å². The Morgan fingerprint density at radius 3 is 1.97 bits per heavy atom. The van der Waals surface area contributed by atoms with E-state index >= 15 is 8.78 Å². The number of unbranched alkanes of at least 4 members (excludes halogenated alkanes) is 1. The molecule has 0 saturated carbocycles. The van der Waals surface area contributed by atoms with E-state index in [0.717, 1.165) is 44.1 Å². The number of benzene rings is 3. The van der Waals surface area contributed by atoms with Crippen molar-refractivity contribution in [1.82, 2.24) is 0 Å². The first-order valence-corrected chi connectivity index (χ1v) is 12.8. The molecule has 0 radical (unpaired) electrons. The molecule has 0 aliphatic heterocycles. The van der Waals surface area contributed by atoms with E-state index in [2.05, 4.69) is 19.6 Å². The molecule has 3 aromatic carbocycles. The highest BCUT2D eigenvalue weighted by atomic mass is 19.2. The van der Waals surface area contributed by atoms with Crippen molar-refractivity contribution in [2.24, 2.45) is 5.92 Å². The molecule has 0 amide bonds. The van der Waals surface area contributed by atoms with Crippen LogP contribution in [0.25, 0.3) is 27.8 Å². The highest BCUT2D eigenvalue weighted by Gasteiger charge is 2.21. The largest absolute Gasteiger partial charge is 0.203 e. The summed E-state index contributed by atoms with van der Waals surface area (Å²) < 4.78 is 59.5. The van der Waals surface area contributed by atoms with E-state index in [4.69, 9.17) is 0 Å². The van der Waals surface area contributed by atoms with Crippen LogP contribution in [0.4, 0.5) is 17.6 Å². The normalized spacial score (nSPS) is 15.6. The molecule has 0 spiro atoms. The molecule has 0 heterocycles. The summed E-state index contributed by atoms with van der Waals surface area (Å²) in [5.74, 6) is -2.85. The summed E-state index contributed by atoms with van der Waals surface area (Å²) in [5, 5.41) is 0. The summed E-state index contributed by atoms with van der Waals surface area (Å²) in [5.41, 5.74) is 2.76. The quantitative estimate of drug-likeness (QED) is 0.158. The summed E-state index contributed by atoms with van der Waals surface area (Å²) in [6.45, 7) is 5.81. The van der Waals surface area contributed by atoms with Gasteiger partial charge in [-0.3, -0.25) is 0 Å². The molecule has 0 bridgehead atoms. The van der Waals surface area contributed by atoms with E-state index in [9.17, 15) is 8.78 Å². The second kappa shape index (κ2) is 11.7. The molecular weight excluding hydrogens is 460 g/mol. The first kappa shape index (κ1) is 25.9. The molecular formula is C32H32F4. The lowest BCUT2D eigenvalue weighted by molar-refractivity contribution is 0.443. The number of aryl methyl sites for hydroxylation is 1. The summed E-state index contributed by atoms with van der Waals surface area (Å²) >= 11 is 0. The molecule has 1 atom stereocenters. The molecule has 36 heavy (non-hydrogen) atoms. The van der Waals surface area contributed by atoms with Crippen molar-refractivity contribution >= 4 is 5.57 Å². The Hall–Kier alpha value is -3.14. The second-order valence-electron chi connectivity index (χ2n) is 9.61. The lowest BCUT2D eigenvalue weighted by Gasteiger charge is -2.22. The van der Waals surface area contributed by atoms with Gasteiger partial charge in [-0.25, -0.2) is 17.6 Å². The third kappa shape index (κ3) is 5.48. The monoisotopic (exact) mass is 492 g/mol. The van der Waals surface area contributed by atoms with Gasteiger partial charge < -0.3 is 0 Å². The molecule has 0 fully saturated rings. The number of allylic oxidation sites excluding steroid dienone is 3. The summed E-state index contributed by atoms with van der Waals surface area (Å²) in [7, 11) is 0. The summed E-state index contributed by atoms with van der Waals surface area (Å²) in [4.78, 5) is 0. The van der Waals surface area contributed by atoms with Crippen molar-refractivity contribution < 1.29 is 17.6 Å². The number of rotatable bonds is 9. The maximum Gasteiger partial charge on any atom is 0.167 e. The van der Waals surface area contributed by atoms with Crippen molar-refractivity contribution in [1.29, 1.82) is 0 Å². The minimum Gasteiger partial charge on any atom is -0.203 e. The molecule has 4 rings (SSSR count). The molecule has 1 unspecified atom stereocenters. The van der Waals surface area contributed by atoms with E-state index in [-0.39, 0.29) is 11.1 Å². The lowest BCUT2D eigenvalue weighted by Crippen LogP contribution is -2.06. The van der Waals surface area contributed by atoms with E-state index in [1.165, 1.54) is 0 Å². The van der Waals surface area contributed by atoms with E-state index in [0.29, 0.717) is 41.0 Å². The molecule has 3 aromatic rings. The number of hydrogen-bond donors (Lipinski definition) is 0. The predicted molar refractivity (Wildman–Crippen MR) is 141 cm³/mol. The van der Waals surface area contributed by atoms with Crippen molar-refractivity contribution in [2.75, 3.05) is 0 Å². The molecule has 0 aromatic heterocycles. The topological polar surface area (TPSA) is 0 Å². The van der Waals surface area contributed by atoms with Crippen molar-refractivity contribution in [2.45, 2.75) is 58.3 Å². The third-order valence-electron chi connectivity index (χ3n) is 7.17. The molecule has 188 valence electrons. The Kier molecular flexibility index (Phi) is 8.45. The van der Waals surface area contributed by atoms with Gasteiger partial charge in [0.2, 0.25) is 0 Å². The fraction of sp³-hybridized carbons (Fsp3) is 0.312. The first-order valence-electron chi connectivity index (χ1n) is 12.8. The average Bonchev–Trinajstić information content (AvgIpc) is 2.89. The highest BCUT2D eigenvalue weighted by molar-refractivity contribution is 5.74. The minimum atomic E-state index is -0.901. The molecule has 1 aliphatic carbocycles. The van der Waals surface area contributed by atoms with Gasteiger partial charge in [-0.05, 0) is 66.7 Å². The van der Waals surface area contributed by atoms with Gasteiger partial charge in [-0.15, -0.1) is 6.58 Å². The Labute approximate surface area is 211 Å². The zero-order valence-corrected chi connectivity index (χ0v) is 20.7. The van der Waals surface area contributed by atoms with Crippen LogP contribution >= 0.6 is 0 Å². The summed E-state index contributed by atoms with van der Waals surface area (Å²) in [6.07, 6.45) is 10.6. The highest BCUT2D eigenvalue weighted by Crippen LogP contribution is 2.37. The van der Waals surface area contributed by atoms with Crippen molar-refractivity contribution in [3.8, 4) is 22.3 Å². The van der Waals surface area contributed by atoms with Gasteiger partial charge in [-0.1, -0.05) is 80.4 Å². The average molecular weight is 493 g/mol. The Bertz CT molecular complexity index is 1250. The minimum absolute atomic E-state index is 0.138. The van der Waals surface area contributed by atoms with Gasteiger partial charge in [0.15, 0.2) is 23.3 Å². The number of hydrogen-bond acceptors (Lipinski definition) is 0. The third-order valence-corrected chi connectivity index (χ3v) is 7.17. The standard InChI is InChI=1S/C32H32F4/c1-3-5-6-8-25-17-18-26(30(34)29(25)33)23-13-15-24(16-14-23)28-20-19-27(31(35)32(28)36)22-11-9-21(7-4-2)10-12-22/h3,11,13-21H,1,4-10,12H2,2H3. The zero-order valence-electron chi connectivity index (χ0n) is 20.7. The fourth-order valence-corrected chi connectivity index (χ4v) is 5.10. The Balaban J connectivity index is 1.56. The van der Waals surface area contributed by atoms with Crippen LogP contribution in [0.15, 0.2) is 67.3 Å². The smallest absolute Gasteiger partial charge is 0.167 e. The molecule has 0 saturated heterocycles. The Morgan fingerprint density at radius 2 is 1.39 bits per heavy atom. The van der Waals surface area contributed by atoms with E-state index in [1.807, 2.05) is 0 Å². The van der Waals surface area contributed by atoms with Gasteiger partial charge in [0.1, 0.15) is 0 Å². The van der Waals surface area contributed by atoms with Crippen LogP contribution in [0.1, 0.15) is 63.0 Å². The van der Waals surface area contributed by atoms with Gasteiger partial charge in [0.05, 0.1) is 0 Å². The van der Waals surface area contributed by atoms with Crippen molar-refractivity contribution in [3.63, 3.8) is 0 Å². The SMILES string of the molecule is C=CCCCc1ccc(-c2ccc(-c3ccc(C4=CCC(CCC)CC4)c(F)c3F)cc2)c(F)c1F. The van der Waals surface area contributed by atoms with Gasteiger partial charge in [0, 0.05) is 16.7 Å². The van der Waals surface area contributed by atoms with Crippen LogP contribution in [-0.4, -0.2) is 0 Å². The van der Waals surface area contributed by atoms with Crippen LogP contribution in [0.3, 0.4) is 0 Å². The van der Waals surface area contributed by atoms with Gasteiger partial charge in [0.25, 0.3) is 0 Å². The maximum absolute atomic E-state index is 15.1. The predicted octanol–water partition coefficient (Wildman–Crippen LogP) is 10.1. The maximum atomic E-state index is 15.1. The van der Waals surface area contributed by atoms with Gasteiger partial charge in [-0.2, -0.15) is 0 Å². The van der Waals surface area contributed by atoms with Crippen LogP contribution < -0.4 is 0 Å². The van der Waals surface area contributed by atoms with Crippen LogP contribution in [0.2, 0.25) is 0 Å². The second-order valence-corrected chi connectivity index (χ2v) is 9.61. The lowest BCUT2D eigenvalue weighted by atomic mass is 9.84. The van der Waals surface area contributed by atoms with Crippen LogP contribution in [0.5, 0.6) is 0 Å². The summed E-state index contributed by atoms with van der Waals surface area (Å²) in [6, 6.07) is 12.8. The first-order chi connectivity index (χ1) is 17.4. The van der Waals surface area contributed by atoms with Crippen LogP contribution in [0, 0.1) is 29.2 Å². The zero-order chi connectivity index (χ0) is 25.7. The molecule has 4 heteroatoms. The van der Waals surface area contributed by atoms with E-state index < -0.39 is 23.3 Å². The fourth-order valence-electron chi connectivity index (χ4n) is 5.10. The Morgan fingerprint density at radius 1 is 0.806 bits per heavy atom. The molecule has 0 N–H and O–H groups in total. The molecule has 0 nitrogen and oxygen atoms in total. The van der Waals surface area contributed by atoms with E-state index in [1.54, 1.807) is 54.6 Å².